The lowest BCUT2D eigenvalue weighted by atomic mass is 10.2. The molecule has 0 saturated heterocycles. The highest BCUT2D eigenvalue weighted by Gasteiger charge is 2.20. The van der Waals surface area contributed by atoms with E-state index >= 15 is 0 Å². The number of rotatable bonds is 4. The van der Waals surface area contributed by atoms with Gasteiger partial charge in [-0.1, -0.05) is 24.3 Å². The van der Waals surface area contributed by atoms with Gasteiger partial charge in [0.25, 0.3) is 0 Å². The fourth-order valence-corrected chi connectivity index (χ4v) is 3.32. The first-order valence-electron chi connectivity index (χ1n) is 6.85. The molecule has 0 saturated carbocycles. The van der Waals surface area contributed by atoms with E-state index in [9.17, 15) is 8.42 Å². The van der Waals surface area contributed by atoms with Gasteiger partial charge in [-0.2, -0.15) is 0 Å². The molecule has 1 aromatic carbocycles. The van der Waals surface area contributed by atoms with E-state index in [4.69, 9.17) is 0 Å². The number of hydrogen-bond donors (Lipinski definition) is 0. The van der Waals surface area contributed by atoms with E-state index in [1.54, 1.807) is 0 Å². The van der Waals surface area contributed by atoms with Crippen molar-refractivity contribution in [2.45, 2.75) is 62.5 Å². The maximum atomic E-state index is 12.1. The third-order valence-electron chi connectivity index (χ3n) is 2.98. The van der Waals surface area contributed by atoms with Gasteiger partial charge in [-0.15, -0.1) is 0 Å². The molecule has 20 heavy (non-hydrogen) atoms. The summed E-state index contributed by atoms with van der Waals surface area (Å²) in [6.07, 6.45) is 0. The Morgan fingerprint density at radius 3 is 1.15 bits per heavy atom. The molecule has 2 nitrogen and oxygen atoms in total. The summed E-state index contributed by atoms with van der Waals surface area (Å²) in [5.74, 6) is 1.15. The summed E-state index contributed by atoms with van der Waals surface area (Å²) in [6, 6.07) is 8.00. The van der Waals surface area contributed by atoms with Crippen LogP contribution in [0.1, 0.15) is 52.7 Å². The lowest BCUT2D eigenvalue weighted by Crippen LogP contribution is -2.23. The third-order valence-corrected chi connectivity index (χ3v) is 6.91. The van der Waals surface area contributed by atoms with Crippen molar-refractivity contribution in [3.05, 3.63) is 35.4 Å². The van der Waals surface area contributed by atoms with Crippen molar-refractivity contribution in [2.24, 2.45) is 0 Å². The number of hydrogen-bond acceptors (Lipinski definition) is 2. The molecule has 0 aliphatic rings. The van der Waals surface area contributed by atoms with E-state index in [1.807, 2.05) is 65.8 Å². The molecule has 0 heterocycles. The Labute approximate surface area is 128 Å². The van der Waals surface area contributed by atoms with Crippen LogP contribution in [-0.4, -0.2) is 17.9 Å². The van der Waals surface area contributed by atoms with Crippen LogP contribution in [0, 0.1) is 0 Å². The normalized spacial score (nSPS) is 15.9. The highest BCUT2D eigenvalue weighted by molar-refractivity contribution is 7.85. The predicted molar refractivity (Wildman–Crippen MR) is 89.6 cm³/mol. The minimum absolute atomic E-state index is 0.188. The Hall–Kier alpha value is -0.480. The van der Waals surface area contributed by atoms with Gasteiger partial charge in [-0.25, -0.2) is 0 Å². The average molecular weight is 315 g/mol. The minimum Gasteiger partial charge on any atom is -0.259 e. The average Bonchev–Trinajstić information content (AvgIpc) is 2.29. The van der Waals surface area contributed by atoms with Crippen LogP contribution in [0.2, 0.25) is 0 Å². The van der Waals surface area contributed by atoms with Crippen molar-refractivity contribution in [3.63, 3.8) is 0 Å². The largest absolute Gasteiger partial charge is 0.259 e. The van der Waals surface area contributed by atoms with E-state index in [2.05, 4.69) is 0 Å². The van der Waals surface area contributed by atoms with E-state index in [0.29, 0.717) is 11.5 Å². The quantitative estimate of drug-likeness (QED) is 0.847. The molecule has 0 unspecified atom stereocenters. The lowest BCUT2D eigenvalue weighted by Gasteiger charge is -2.18. The summed E-state index contributed by atoms with van der Waals surface area (Å²) in [5.41, 5.74) is 2.15. The van der Waals surface area contributed by atoms with Crippen LogP contribution in [0.15, 0.2) is 24.3 Å². The van der Waals surface area contributed by atoms with E-state index in [0.717, 1.165) is 11.1 Å². The van der Waals surface area contributed by atoms with Crippen LogP contribution >= 0.6 is 0 Å². The molecule has 1 rings (SSSR count). The SMILES string of the molecule is CC(C)(C)[S@](=O)Cc1ccc(C[S@](=O)C(C)(C)C)cc1. The van der Waals surface area contributed by atoms with Crippen LogP contribution in [0.3, 0.4) is 0 Å². The standard InChI is InChI=1S/C16H26O2S2/c1-15(2,3)19(17)11-13-7-9-14(10-8-13)12-20(18)16(4,5)6/h7-10H,11-12H2,1-6H3/t19-,20+. The first kappa shape index (κ1) is 17.6. The molecule has 0 N–H and O–H groups in total. The molecular formula is C16H26O2S2. The second kappa shape index (κ2) is 6.52. The summed E-state index contributed by atoms with van der Waals surface area (Å²) in [4.78, 5) is 0. The Morgan fingerprint density at radius 1 is 0.700 bits per heavy atom. The molecule has 0 amide bonds. The number of benzene rings is 1. The highest BCUT2D eigenvalue weighted by Crippen LogP contribution is 2.19. The maximum Gasteiger partial charge on any atom is 0.0490 e. The molecule has 4 heteroatoms. The van der Waals surface area contributed by atoms with Gasteiger partial charge in [0.2, 0.25) is 0 Å². The van der Waals surface area contributed by atoms with Gasteiger partial charge in [0.1, 0.15) is 0 Å². The van der Waals surface area contributed by atoms with Gasteiger partial charge in [-0.3, -0.25) is 8.42 Å². The molecule has 0 aromatic heterocycles. The van der Waals surface area contributed by atoms with Gasteiger partial charge in [-0.05, 0) is 52.7 Å². The molecule has 2 atom stereocenters. The zero-order valence-electron chi connectivity index (χ0n) is 13.4. The summed E-state index contributed by atoms with van der Waals surface area (Å²) in [5, 5.41) is 0. The molecule has 0 spiro atoms. The third kappa shape index (κ3) is 5.49. The van der Waals surface area contributed by atoms with Crippen molar-refractivity contribution >= 4 is 21.6 Å². The van der Waals surface area contributed by atoms with Crippen LogP contribution in [0.4, 0.5) is 0 Å². The van der Waals surface area contributed by atoms with Crippen molar-refractivity contribution in [3.8, 4) is 0 Å². The van der Waals surface area contributed by atoms with E-state index < -0.39 is 21.6 Å². The van der Waals surface area contributed by atoms with Crippen molar-refractivity contribution in [1.82, 2.24) is 0 Å². The van der Waals surface area contributed by atoms with Crippen LogP contribution in [0.25, 0.3) is 0 Å². The van der Waals surface area contributed by atoms with Gasteiger partial charge in [0.05, 0.1) is 0 Å². The molecule has 0 aliphatic carbocycles. The predicted octanol–water partition coefficient (Wildman–Crippen LogP) is 3.78. The Balaban J connectivity index is 2.71. The Kier molecular flexibility index (Phi) is 5.73. The summed E-state index contributed by atoms with van der Waals surface area (Å²) in [6.45, 7) is 11.9. The Bertz CT molecular complexity index is 444. The smallest absolute Gasteiger partial charge is 0.0490 e. The summed E-state index contributed by atoms with van der Waals surface area (Å²) < 4.78 is 23.8. The first-order valence-corrected chi connectivity index (χ1v) is 9.49. The van der Waals surface area contributed by atoms with Crippen LogP contribution < -0.4 is 0 Å². The lowest BCUT2D eigenvalue weighted by molar-refractivity contribution is 0.647. The van der Waals surface area contributed by atoms with E-state index in [-0.39, 0.29) is 9.49 Å². The first-order chi connectivity index (χ1) is 9.00. The summed E-state index contributed by atoms with van der Waals surface area (Å²) in [7, 11) is -1.76. The van der Waals surface area contributed by atoms with Gasteiger partial charge < -0.3 is 0 Å². The zero-order chi connectivity index (χ0) is 15.6. The van der Waals surface area contributed by atoms with Gasteiger partial charge >= 0.3 is 0 Å². The van der Waals surface area contributed by atoms with E-state index in [1.165, 1.54) is 0 Å². The minimum atomic E-state index is -0.880. The van der Waals surface area contributed by atoms with Gasteiger partial charge in [0.15, 0.2) is 0 Å². The van der Waals surface area contributed by atoms with Gasteiger partial charge in [0, 0.05) is 42.6 Å². The van der Waals surface area contributed by atoms with Crippen LogP contribution in [-0.2, 0) is 33.1 Å². The second-order valence-corrected chi connectivity index (χ2v) is 11.4. The topological polar surface area (TPSA) is 34.1 Å². The van der Waals surface area contributed by atoms with Crippen LogP contribution in [0.5, 0.6) is 0 Å². The highest BCUT2D eigenvalue weighted by atomic mass is 32.2. The molecule has 1 aromatic rings. The fraction of sp³-hybridized carbons (Fsp3) is 0.625. The second-order valence-electron chi connectivity index (χ2n) is 7.02. The molecule has 114 valence electrons. The Morgan fingerprint density at radius 2 is 0.950 bits per heavy atom. The summed E-state index contributed by atoms with van der Waals surface area (Å²) >= 11 is 0. The maximum absolute atomic E-state index is 12.1. The molecular weight excluding hydrogens is 288 g/mol. The van der Waals surface area contributed by atoms with Crippen molar-refractivity contribution in [2.75, 3.05) is 0 Å². The molecule has 0 radical (unpaired) electrons. The zero-order valence-corrected chi connectivity index (χ0v) is 15.0. The monoisotopic (exact) mass is 314 g/mol. The molecule has 0 bridgehead atoms. The van der Waals surface area contributed by atoms with Crippen molar-refractivity contribution in [1.29, 1.82) is 0 Å². The fourth-order valence-electron chi connectivity index (χ4n) is 1.47. The molecule has 0 aliphatic heterocycles. The van der Waals surface area contributed by atoms with Crippen molar-refractivity contribution < 1.29 is 8.42 Å². The molecule has 0 fully saturated rings.